The molecule has 0 amide bonds. The van der Waals surface area contributed by atoms with E-state index >= 15 is 0 Å². The minimum Gasteiger partial charge on any atom is -0.431 e. The number of carbonyl (C=O) groups is 2. The van der Waals surface area contributed by atoms with Gasteiger partial charge < -0.3 is 19.3 Å². The SMILES string of the molecule is O=C(OC1C(=O)CCC1O)O[C@H]1CC[C@]2(CCCO2)C1. The molecule has 0 radical (unpaired) electrons. The average Bonchev–Trinajstić information content (AvgIpc) is 3.10. The van der Waals surface area contributed by atoms with Crippen molar-refractivity contribution in [1.29, 1.82) is 0 Å². The molecule has 1 spiro atoms. The smallest absolute Gasteiger partial charge is 0.431 e. The van der Waals surface area contributed by atoms with Gasteiger partial charge >= 0.3 is 6.16 Å². The van der Waals surface area contributed by atoms with E-state index in [2.05, 4.69) is 0 Å². The number of aliphatic hydroxyl groups is 1. The zero-order valence-electron chi connectivity index (χ0n) is 11.4. The van der Waals surface area contributed by atoms with Gasteiger partial charge in [0.15, 0.2) is 11.9 Å². The van der Waals surface area contributed by atoms with Crippen molar-refractivity contribution in [2.45, 2.75) is 68.9 Å². The Balaban J connectivity index is 1.49. The van der Waals surface area contributed by atoms with E-state index in [0.717, 1.165) is 32.3 Å². The molecule has 2 unspecified atom stereocenters. The molecule has 4 atom stereocenters. The van der Waals surface area contributed by atoms with Gasteiger partial charge in [0.1, 0.15) is 6.10 Å². The Morgan fingerprint density at radius 2 is 2.15 bits per heavy atom. The topological polar surface area (TPSA) is 82.1 Å². The van der Waals surface area contributed by atoms with Crippen LogP contribution in [0.25, 0.3) is 0 Å². The van der Waals surface area contributed by atoms with E-state index in [1.807, 2.05) is 0 Å². The van der Waals surface area contributed by atoms with Crippen LogP contribution in [-0.2, 0) is 19.0 Å². The fraction of sp³-hybridized carbons (Fsp3) is 0.857. The third-order valence-corrected chi connectivity index (χ3v) is 4.55. The number of hydrogen-bond donors (Lipinski definition) is 1. The van der Waals surface area contributed by atoms with Crippen LogP contribution in [0.2, 0.25) is 0 Å². The molecule has 2 aliphatic carbocycles. The lowest BCUT2D eigenvalue weighted by Crippen LogP contribution is -2.33. The lowest BCUT2D eigenvalue weighted by molar-refractivity contribution is -0.129. The molecule has 0 aromatic heterocycles. The molecule has 112 valence electrons. The summed E-state index contributed by atoms with van der Waals surface area (Å²) >= 11 is 0. The Labute approximate surface area is 117 Å². The number of Topliss-reactive ketones (excluding diaryl/α,β-unsaturated/α-hetero) is 1. The summed E-state index contributed by atoms with van der Waals surface area (Å²) in [6.07, 6.45) is 2.00. The summed E-state index contributed by atoms with van der Waals surface area (Å²) in [7, 11) is 0. The molecule has 6 heteroatoms. The van der Waals surface area contributed by atoms with Crippen LogP contribution < -0.4 is 0 Å². The van der Waals surface area contributed by atoms with Crippen LogP contribution in [0.5, 0.6) is 0 Å². The highest BCUT2D eigenvalue weighted by atomic mass is 16.7. The van der Waals surface area contributed by atoms with Gasteiger partial charge in [-0.05, 0) is 32.1 Å². The van der Waals surface area contributed by atoms with Crippen LogP contribution in [0.3, 0.4) is 0 Å². The standard InChI is InChI=1S/C14H20O6/c15-10-2-3-11(16)12(10)20-13(17)19-9-4-6-14(8-9)5-1-7-18-14/h9-10,12,15H,1-8H2/t9-,10?,12?,14+/m0/s1. The summed E-state index contributed by atoms with van der Waals surface area (Å²) in [4.78, 5) is 23.1. The molecule has 1 aliphatic heterocycles. The quantitative estimate of drug-likeness (QED) is 0.770. The number of hydrogen-bond acceptors (Lipinski definition) is 6. The van der Waals surface area contributed by atoms with E-state index in [9.17, 15) is 14.7 Å². The molecule has 0 aromatic carbocycles. The second-order valence-electron chi connectivity index (χ2n) is 5.98. The van der Waals surface area contributed by atoms with Gasteiger partial charge in [-0.15, -0.1) is 0 Å². The fourth-order valence-corrected chi connectivity index (χ4v) is 3.47. The summed E-state index contributed by atoms with van der Waals surface area (Å²) in [5.74, 6) is -0.239. The number of ketones is 1. The molecule has 0 aromatic rings. The lowest BCUT2D eigenvalue weighted by atomic mass is 9.99. The molecule has 3 aliphatic rings. The number of carbonyl (C=O) groups excluding carboxylic acids is 2. The van der Waals surface area contributed by atoms with Crippen LogP contribution >= 0.6 is 0 Å². The fourth-order valence-electron chi connectivity index (χ4n) is 3.47. The summed E-state index contributed by atoms with van der Waals surface area (Å²) in [5, 5.41) is 9.56. The largest absolute Gasteiger partial charge is 0.509 e. The van der Waals surface area contributed by atoms with Gasteiger partial charge in [-0.2, -0.15) is 0 Å². The Kier molecular flexibility index (Phi) is 3.69. The van der Waals surface area contributed by atoms with Gasteiger partial charge in [0.05, 0.1) is 11.7 Å². The third kappa shape index (κ3) is 2.67. The van der Waals surface area contributed by atoms with Gasteiger partial charge in [-0.3, -0.25) is 4.79 Å². The molecule has 3 fully saturated rings. The van der Waals surface area contributed by atoms with E-state index in [1.54, 1.807) is 0 Å². The normalized spacial score (nSPS) is 40.5. The Hall–Kier alpha value is -1.14. The summed E-state index contributed by atoms with van der Waals surface area (Å²) in [6.45, 7) is 0.778. The molecule has 3 rings (SSSR count). The van der Waals surface area contributed by atoms with Crippen molar-refractivity contribution in [3.63, 3.8) is 0 Å². The van der Waals surface area contributed by atoms with E-state index in [0.29, 0.717) is 12.8 Å². The van der Waals surface area contributed by atoms with E-state index in [4.69, 9.17) is 14.2 Å². The minimum atomic E-state index is -1.06. The van der Waals surface area contributed by atoms with Crippen molar-refractivity contribution in [2.24, 2.45) is 0 Å². The van der Waals surface area contributed by atoms with Crippen LogP contribution in [0.1, 0.15) is 44.9 Å². The molecule has 0 bridgehead atoms. The van der Waals surface area contributed by atoms with Crippen molar-refractivity contribution >= 4 is 11.9 Å². The van der Waals surface area contributed by atoms with Crippen molar-refractivity contribution in [2.75, 3.05) is 6.61 Å². The Morgan fingerprint density at radius 1 is 1.30 bits per heavy atom. The van der Waals surface area contributed by atoms with Crippen LogP contribution in [0.4, 0.5) is 4.79 Å². The maximum atomic E-state index is 11.7. The highest BCUT2D eigenvalue weighted by molar-refractivity contribution is 5.87. The van der Waals surface area contributed by atoms with Gasteiger partial charge in [0, 0.05) is 19.4 Å². The molecule has 2 saturated carbocycles. The first kappa shape index (κ1) is 13.8. The predicted octanol–water partition coefficient (Wildman–Crippen LogP) is 1.33. The van der Waals surface area contributed by atoms with Crippen LogP contribution in [-0.4, -0.2) is 47.6 Å². The summed E-state index contributed by atoms with van der Waals surface area (Å²) in [5.41, 5.74) is -0.117. The van der Waals surface area contributed by atoms with Crippen molar-refractivity contribution in [1.82, 2.24) is 0 Å². The van der Waals surface area contributed by atoms with Crippen LogP contribution in [0.15, 0.2) is 0 Å². The number of rotatable bonds is 2. The molecule has 1 N–H and O–H groups in total. The molecule has 6 nitrogen and oxygen atoms in total. The highest BCUT2D eigenvalue weighted by Gasteiger charge is 2.44. The highest BCUT2D eigenvalue weighted by Crippen LogP contribution is 2.42. The first-order valence-corrected chi connectivity index (χ1v) is 7.30. The zero-order valence-corrected chi connectivity index (χ0v) is 11.4. The summed E-state index contributed by atoms with van der Waals surface area (Å²) < 4.78 is 16.0. The second-order valence-corrected chi connectivity index (χ2v) is 5.98. The minimum absolute atomic E-state index is 0.117. The maximum Gasteiger partial charge on any atom is 0.509 e. The van der Waals surface area contributed by atoms with Gasteiger partial charge in [-0.25, -0.2) is 4.79 Å². The van der Waals surface area contributed by atoms with E-state index < -0.39 is 18.4 Å². The van der Waals surface area contributed by atoms with E-state index in [1.165, 1.54) is 0 Å². The van der Waals surface area contributed by atoms with Crippen molar-refractivity contribution < 1.29 is 28.9 Å². The first-order chi connectivity index (χ1) is 9.58. The third-order valence-electron chi connectivity index (χ3n) is 4.55. The Bertz CT molecular complexity index is 400. The van der Waals surface area contributed by atoms with Gasteiger partial charge in [0.2, 0.25) is 0 Å². The lowest BCUT2D eigenvalue weighted by Gasteiger charge is -2.22. The Morgan fingerprint density at radius 3 is 2.80 bits per heavy atom. The summed E-state index contributed by atoms with van der Waals surface area (Å²) in [6, 6.07) is 0. The maximum absolute atomic E-state index is 11.7. The zero-order chi connectivity index (χ0) is 14.2. The molecule has 20 heavy (non-hydrogen) atoms. The second kappa shape index (κ2) is 5.33. The first-order valence-electron chi connectivity index (χ1n) is 7.30. The average molecular weight is 284 g/mol. The molecule has 1 saturated heterocycles. The predicted molar refractivity (Wildman–Crippen MR) is 67.2 cm³/mol. The van der Waals surface area contributed by atoms with Crippen molar-refractivity contribution in [3.8, 4) is 0 Å². The monoisotopic (exact) mass is 284 g/mol. The number of aliphatic hydroxyl groups excluding tert-OH is 1. The molecular weight excluding hydrogens is 264 g/mol. The molecule has 1 heterocycles. The van der Waals surface area contributed by atoms with Gasteiger partial charge in [0.25, 0.3) is 0 Å². The van der Waals surface area contributed by atoms with Gasteiger partial charge in [-0.1, -0.05) is 0 Å². The molecular formula is C14H20O6. The number of ether oxygens (including phenoxy) is 3. The van der Waals surface area contributed by atoms with Crippen LogP contribution in [0, 0.1) is 0 Å². The van der Waals surface area contributed by atoms with E-state index in [-0.39, 0.29) is 23.9 Å². The van der Waals surface area contributed by atoms with Crippen molar-refractivity contribution in [3.05, 3.63) is 0 Å².